The molecule has 2 aliphatic rings. The molecule has 6 heteroatoms. The number of rotatable bonds is 4. The molecule has 2 unspecified atom stereocenters. The van der Waals surface area contributed by atoms with Crippen LogP contribution in [0.2, 0.25) is 0 Å². The molecule has 1 saturated heterocycles. The van der Waals surface area contributed by atoms with Gasteiger partial charge in [0, 0.05) is 44.5 Å². The Labute approximate surface area is 156 Å². The number of pyridine rings is 1. The number of nitriles is 1. The lowest BCUT2D eigenvalue weighted by molar-refractivity contribution is -0.138. The molecule has 0 spiro atoms. The van der Waals surface area contributed by atoms with E-state index in [9.17, 15) is 4.79 Å². The van der Waals surface area contributed by atoms with E-state index >= 15 is 0 Å². The second kappa shape index (κ2) is 8.50. The highest BCUT2D eigenvalue weighted by atomic mass is 16.2. The van der Waals surface area contributed by atoms with Crippen molar-refractivity contribution in [2.75, 3.05) is 31.5 Å². The third-order valence-corrected chi connectivity index (χ3v) is 5.67. The normalized spacial score (nSPS) is 24.3. The van der Waals surface area contributed by atoms with Gasteiger partial charge in [0.05, 0.1) is 11.5 Å². The maximum Gasteiger partial charge on any atom is 0.227 e. The Hall–Kier alpha value is -2.13. The molecule has 140 valence electrons. The quantitative estimate of drug-likeness (QED) is 0.898. The maximum absolute atomic E-state index is 13.1. The standard InChI is InChI=1S/C20H29N5O/c1-15(2)24-9-11-25(12-10-24)20(26)17-5-3-4-6-18(17)23-19-8-7-16(13-21)14-22-19/h7-8,14-15,17-18H,3-6,9-12H2,1-2H3,(H,22,23). The van der Waals surface area contributed by atoms with Gasteiger partial charge in [-0.1, -0.05) is 12.8 Å². The molecule has 2 heterocycles. The number of carbonyl (C=O) groups is 1. The number of piperazine rings is 1. The summed E-state index contributed by atoms with van der Waals surface area (Å²) < 4.78 is 0. The first-order valence-electron chi connectivity index (χ1n) is 9.74. The second-order valence-electron chi connectivity index (χ2n) is 7.64. The average Bonchev–Trinajstić information content (AvgIpc) is 2.68. The van der Waals surface area contributed by atoms with Crippen LogP contribution in [0.3, 0.4) is 0 Å². The lowest BCUT2D eigenvalue weighted by Gasteiger charge is -2.40. The summed E-state index contributed by atoms with van der Waals surface area (Å²) in [4.78, 5) is 21.9. The molecule has 1 aromatic rings. The molecule has 1 saturated carbocycles. The van der Waals surface area contributed by atoms with Crippen molar-refractivity contribution < 1.29 is 4.79 Å². The van der Waals surface area contributed by atoms with Gasteiger partial charge >= 0.3 is 0 Å². The van der Waals surface area contributed by atoms with Gasteiger partial charge in [-0.2, -0.15) is 5.26 Å². The van der Waals surface area contributed by atoms with Crippen LogP contribution in [0.5, 0.6) is 0 Å². The number of aromatic nitrogens is 1. The van der Waals surface area contributed by atoms with Crippen molar-refractivity contribution in [1.29, 1.82) is 5.26 Å². The van der Waals surface area contributed by atoms with Gasteiger partial charge in [-0.25, -0.2) is 4.98 Å². The smallest absolute Gasteiger partial charge is 0.227 e. The topological polar surface area (TPSA) is 72.3 Å². The molecule has 2 atom stereocenters. The van der Waals surface area contributed by atoms with Crippen LogP contribution in [0.4, 0.5) is 5.82 Å². The van der Waals surface area contributed by atoms with Gasteiger partial charge in [0.15, 0.2) is 0 Å². The third-order valence-electron chi connectivity index (χ3n) is 5.67. The number of anilines is 1. The molecule has 6 nitrogen and oxygen atoms in total. The molecule has 0 radical (unpaired) electrons. The van der Waals surface area contributed by atoms with Crippen LogP contribution in [0.25, 0.3) is 0 Å². The van der Waals surface area contributed by atoms with Crippen molar-refractivity contribution in [2.24, 2.45) is 5.92 Å². The fourth-order valence-corrected chi connectivity index (χ4v) is 4.03. The zero-order chi connectivity index (χ0) is 18.5. The Balaban J connectivity index is 1.62. The van der Waals surface area contributed by atoms with Crippen molar-refractivity contribution in [3.05, 3.63) is 23.9 Å². The molecule has 0 bridgehead atoms. The van der Waals surface area contributed by atoms with Gasteiger partial charge in [-0.3, -0.25) is 9.69 Å². The highest BCUT2D eigenvalue weighted by Gasteiger charge is 2.35. The molecular formula is C20H29N5O. The van der Waals surface area contributed by atoms with Crippen LogP contribution in [0, 0.1) is 17.2 Å². The SMILES string of the molecule is CC(C)N1CCN(C(=O)C2CCCCC2Nc2ccc(C#N)cn2)CC1. The van der Waals surface area contributed by atoms with Crippen molar-refractivity contribution in [2.45, 2.75) is 51.6 Å². The molecule has 26 heavy (non-hydrogen) atoms. The second-order valence-corrected chi connectivity index (χ2v) is 7.64. The van der Waals surface area contributed by atoms with Crippen LogP contribution in [-0.4, -0.2) is 59.0 Å². The van der Waals surface area contributed by atoms with E-state index in [1.807, 2.05) is 6.07 Å². The summed E-state index contributed by atoms with van der Waals surface area (Å²) in [5.74, 6) is 1.06. The zero-order valence-corrected chi connectivity index (χ0v) is 15.8. The van der Waals surface area contributed by atoms with Gasteiger partial charge < -0.3 is 10.2 Å². The minimum absolute atomic E-state index is 0.0202. The Bertz CT molecular complexity index is 643. The zero-order valence-electron chi connectivity index (χ0n) is 15.8. The molecule has 1 aromatic heterocycles. The highest BCUT2D eigenvalue weighted by molar-refractivity contribution is 5.80. The van der Waals surface area contributed by atoms with E-state index in [2.05, 4.69) is 40.0 Å². The van der Waals surface area contributed by atoms with E-state index in [1.54, 1.807) is 12.3 Å². The molecule has 3 rings (SSSR count). The Morgan fingerprint density at radius 2 is 1.96 bits per heavy atom. The minimum Gasteiger partial charge on any atom is -0.367 e. The van der Waals surface area contributed by atoms with Crippen molar-refractivity contribution in [1.82, 2.24) is 14.8 Å². The van der Waals surface area contributed by atoms with Crippen LogP contribution in [0.1, 0.15) is 45.1 Å². The average molecular weight is 355 g/mol. The van der Waals surface area contributed by atoms with Crippen LogP contribution < -0.4 is 5.32 Å². The number of carbonyl (C=O) groups excluding carboxylic acids is 1. The predicted octanol–water partition coefficient (Wildman–Crippen LogP) is 2.48. The summed E-state index contributed by atoms with van der Waals surface area (Å²) in [6.45, 7) is 8.01. The fraction of sp³-hybridized carbons (Fsp3) is 0.650. The summed E-state index contributed by atoms with van der Waals surface area (Å²) >= 11 is 0. The molecule has 1 aliphatic heterocycles. The molecule has 0 aromatic carbocycles. The fourth-order valence-electron chi connectivity index (χ4n) is 4.03. The van der Waals surface area contributed by atoms with Crippen LogP contribution >= 0.6 is 0 Å². The first-order chi connectivity index (χ1) is 12.6. The molecule has 1 N–H and O–H groups in total. The monoisotopic (exact) mass is 355 g/mol. The van der Waals surface area contributed by atoms with Crippen molar-refractivity contribution in [3.8, 4) is 6.07 Å². The first kappa shape index (κ1) is 18.7. The van der Waals surface area contributed by atoms with Crippen molar-refractivity contribution >= 4 is 11.7 Å². The minimum atomic E-state index is 0.0202. The summed E-state index contributed by atoms with van der Waals surface area (Å²) in [5.41, 5.74) is 0.551. The summed E-state index contributed by atoms with van der Waals surface area (Å²) in [6.07, 6.45) is 5.76. The van der Waals surface area contributed by atoms with Gasteiger partial charge in [-0.15, -0.1) is 0 Å². The third kappa shape index (κ3) is 4.34. The Kier molecular flexibility index (Phi) is 6.10. The highest BCUT2D eigenvalue weighted by Crippen LogP contribution is 2.29. The molecule has 2 fully saturated rings. The first-order valence-corrected chi connectivity index (χ1v) is 9.74. The largest absolute Gasteiger partial charge is 0.367 e. The van der Waals surface area contributed by atoms with E-state index in [1.165, 1.54) is 0 Å². The van der Waals surface area contributed by atoms with E-state index in [0.29, 0.717) is 17.5 Å². The summed E-state index contributed by atoms with van der Waals surface area (Å²) in [5, 5.41) is 12.3. The Morgan fingerprint density at radius 1 is 1.23 bits per heavy atom. The van der Waals surface area contributed by atoms with E-state index < -0.39 is 0 Å². The summed E-state index contributed by atoms with van der Waals surface area (Å²) in [7, 11) is 0. The summed E-state index contributed by atoms with van der Waals surface area (Å²) in [6, 6.07) is 6.34. The Morgan fingerprint density at radius 3 is 2.58 bits per heavy atom. The van der Waals surface area contributed by atoms with Crippen LogP contribution in [0.15, 0.2) is 18.3 Å². The van der Waals surface area contributed by atoms with E-state index in [-0.39, 0.29) is 12.0 Å². The number of amides is 1. The number of hydrogen-bond donors (Lipinski definition) is 1. The molecular weight excluding hydrogens is 326 g/mol. The van der Waals surface area contributed by atoms with E-state index in [4.69, 9.17) is 5.26 Å². The maximum atomic E-state index is 13.1. The molecule has 1 amide bonds. The van der Waals surface area contributed by atoms with Crippen molar-refractivity contribution in [3.63, 3.8) is 0 Å². The lowest BCUT2D eigenvalue weighted by Crippen LogP contribution is -2.54. The number of nitrogens with zero attached hydrogens (tertiary/aromatic N) is 4. The molecule has 1 aliphatic carbocycles. The van der Waals surface area contributed by atoms with E-state index in [0.717, 1.165) is 57.7 Å². The van der Waals surface area contributed by atoms with Gasteiger partial charge in [0.1, 0.15) is 11.9 Å². The van der Waals surface area contributed by atoms with Gasteiger partial charge in [0.2, 0.25) is 5.91 Å². The van der Waals surface area contributed by atoms with Gasteiger partial charge in [0.25, 0.3) is 0 Å². The van der Waals surface area contributed by atoms with Gasteiger partial charge in [-0.05, 0) is 38.8 Å². The lowest BCUT2D eigenvalue weighted by atomic mass is 9.83. The number of nitrogens with one attached hydrogen (secondary N) is 1. The number of hydrogen-bond acceptors (Lipinski definition) is 5. The van der Waals surface area contributed by atoms with Crippen LogP contribution in [-0.2, 0) is 4.79 Å². The predicted molar refractivity (Wildman–Crippen MR) is 102 cm³/mol.